The molecule has 0 aliphatic carbocycles. The summed E-state index contributed by atoms with van der Waals surface area (Å²) >= 11 is 0. The van der Waals surface area contributed by atoms with Gasteiger partial charge < -0.3 is 9.47 Å². The van der Waals surface area contributed by atoms with Crippen molar-refractivity contribution in [3.63, 3.8) is 0 Å². The minimum Gasteiger partial charge on any atom is -0.341 e. The molecular formula is C22H29N5O. The minimum atomic E-state index is 0.280. The van der Waals surface area contributed by atoms with Crippen LogP contribution in [0.25, 0.3) is 0 Å². The van der Waals surface area contributed by atoms with E-state index in [1.807, 2.05) is 41.7 Å². The van der Waals surface area contributed by atoms with Crippen LogP contribution >= 0.6 is 0 Å². The SMILES string of the molecule is CC(C)CC(=O)N1CCCN(Cc2cncn2Cc2ccc(C#N)cc2)CC1. The molecule has 1 amide bonds. The molecule has 0 radical (unpaired) electrons. The quantitative estimate of drug-likeness (QED) is 0.774. The summed E-state index contributed by atoms with van der Waals surface area (Å²) in [6.45, 7) is 9.31. The number of benzene rings is 1. The van der Waals surface area contributed by atoms with Gasteiger partial charge in [0, 0.05) is 51.9 Å². The first kappa shape index (κ1) is 20.1. The van der Waals surface area contributed by atoms with Gasteiger partial charge in [0.25, 0.3) is 0 Å². The van der Waals surface area contributed by atoms with Crippen LogP contribution in [0.15, 0.2) is 36.8 Å². The highest BCUT2D eigenvalue weighted by molar-refractivity contribution is 5.76. The lowest BCUT2D eigenvalue weighted by atomic mass is 10.1. The van der Waals surface area contributed by atoms with Gasteiger partial charge in [-0.3, -0.25) is 9.69 Å². The zero-order chi connectivity index (χ0) is 19.9. The highest BCUT2D eigenvalue weighted by Gasteiger charge is 2.20. The van der Waals surface area contributed by atoms with Crippen molar-refractivity contribution in [3.8, 4) is 6.07 Å². The Morgan fingerprint density at radius 2 is 1.93 bits per heavy atom. The Hall–Kier alpha value is -2.65. The number of carbonyl (C=O) groups excluding carboxylic acids is 1. The zero-order valence-corrected chi connectivity index (χ0v) is 16.8. The molecule has 1 aromatic heterocycles. The average Bonchev–Trinajstić information content (AvgIpc) is 2.96. The first-order chi connectivity index (χ1) is 13.5. The Morgan fingerprint density at radius 1 is 1.14 bits per heavy atom. The molecule has 2 heterocycles. The van der Waals surface area contributed by atoms with Crippen LogP contribution in [-0.2, 0) is 17.9 Å². The number of aromatic nitrogens is 2. The molecule has 1 aliphatic heterocycles. The van der Waals surface area contributed by atoms with E-state index in [0.717, 1.165) is 51.3 Å². The van der Waals surface area contributed by atoms with E-state index in [0.29, 0.717) is 17.9 Å². The largest absolute Gasteiger partial charge is 0.341 e. The zero-order valence-electron chi connectivity index (χ0n) is 16.8. The van der Waals surface area contributed by atoms with Crippen molar-refractivity contribution in [2.75, 3.05) is 26.2 Å². The molecule has 1 saturated heterocycles. The van der Waals surface area contributed by atoms with Crippen molar-refractivity contribution < 1.29 is 4.79 Å². The van der Waals surface area contributed by atoms with Crippen LogP contribution in [0.1, 0.15) is 43.5 Å². The van der Waals surface area contributed by atoms with Crippen LogP contribution < -0.4 is 0 Å². The van der Waals surface area contributed by atoms with E-state index in [-0.39, 0.29) is 5.91 Å². The summed E-state index contributed by atoms with van der Waals surface area (Å²) in [5, 5.41) is 8.94. The highest BCUT2D eigenvalue weighted by Crippen LogP contribution is 2.13. The molecule has 1 fully saturated rings. The standard InChI is InChI=1S/C22H29N5O/c1-18(2)12-22(28)26-9-3-8-25(10-11-26)16-21-14-24-17-27(21)15-20-6-4-19(13-23)5-7-20/h4-7,14,17-18H,3,8-12,15-16H2,1-2H3. The van der Waals surface area contributed by atoms with Crippen molar-refractivity contribution >= 4 is 5.91 Å². The fourth-order valence-corrected chi connectivity index (χ4v) is 3.59. The van der Waals surface area contributed by atoms with Crippen molar-refractivity contribution in [2.45, 2.75) is 39.8 Å². The smallest absolute Gasteiger partial charge is 0.222 e. The van der Waals surface area contributed by atoms with Gasteiger partial charge in [0.1, 0.15) is 0 Å². The van der Waals surface area contributed by atoms with E-state index in [1.54, 1.807) is 0 Å². The van der Waals surface area contributed by atoms with Crippen LogP contribution in [0.5, 0.6) is 0 Å². The molecule has 28 heavy (non-hydrogen) atoms. The van der Waals surface area contributed by atoms with Crippen LogP contribution in [0.2, 0.25) is 0 Å². The van der Waals surface area contributed by atoms with E-state index in [4.69, 9.17) is 5.26 Å². The molecule has 0 saturated carbocycles. The Bertz CT molecular complexity index is 818. The Labute approximate surface area is 167 Å². The monoisotopic (exact) mass is 379 g/mol. The second-order valence-corrected chi connectivity index (χ2v) is 7.93. The summed E-state index contributed by atoms with van der Waals surface area (Å²) in [5.74, 6) is 0.686. The fraction of sp³-hybridized carbons (Fsp3) is 0.500. The Morgan fingerprint density at radius 3 is 2.64 bits per heavy atom. The second kappa shape index (κ2) is 9.52. The lowest BCUT2D eigenvalue weighted by Gasteiger charge is -2.23. The van der Waals surface area contributed by atoms with Gasteiger partial charge >= 0.3 is 0 Å². The molecule has 6 heteroatoms. The van der Waals surface area contributed by atoms with Gasteiger partial charge in [0.05, 0.1) is 23.7 Å². The summed E-state index contributed by atoms with van der Waals surface area (Å²) in [6, 6.07) is 9.84. The van der Waals surface area contributed by atoms with E-state index in [2.05, 4.69) is 34.4 Å². The highest BCUT2D eigenvalue weighted by atomic mass is 16.2. The van der Waals surface area contributed by atoms with E-state index in [1.165, 1.54) is 5.69 Å². The predicted octanol–water partition coefficient (Wildman–Crippen LogP) is 2.88. The second-order valence-electron chi connectivity index (χ2n) is 7.93. The third kappa shape index (κ3) is 5.43. The van der Waals surface area contributed by atoms with E-state index in [9.17, 15) is 4.79 Å². The molecule has 0 atom stereocenters. The number of carbonyl (C=O) groups is 1. The maximum atomic E-state index is 12.4. The number of hydrogen-bond donors (Lipinski definition) is 0. The number of rotatable bonds is 6. The molecule has 0 N–H and O–H groups in total. The van der Waals surface area contributed by atoms with Crippen molar-refractivity contribution in [2.24, 2.45) is 5.92 Å². The first-order valence-corrected chi connectivity index (χ1v) is 10.0. The summed E-state index contributed by atoms with van der Waals surface area (Å²) in [7, 11) is 0. The number of imidazole rings is 1. The third-order valence-corrected chi connectivity index (χ3v) is 5.14. The molecule has 0 spiro atoms. The van der Waals surface area contributed by atoms with Gasteiger partial charge in [-0.25, -0.2) is 4.98 Å². The van der Waals surface area contributed by atoms with Gasteiger partial charge in [-0.1, -0.05) is 26.0 Å². The normalized spacial score (nSPS) is 15.4. The van der Waals surface area contributed by atoms with Crippen molar-refractivity contribution in [1.29, 1.82) is 5.26 Å². The van der Waals surface area contributed by atoms with Crippen molar-refractivity contribution in [1.82, 2.24) is 19.4 Å². The number of nitriles is 1. The first-order valence-electron chi connectivity index (χ1n) is 10.0. The summed E-state index contributed by atoms with van der Waals surface area (Å²) in [5.41, 5.74) is 3.00. The maximum absolute atomic E-state index is 12.4. The van der Waals surface area contributed by atoms with Gasteiger partial charge in [0.2, 0.25) is 5.91 Å². The molecule has 3 rings (SSSR count). The molecule has 0 bridgehead atoms. The van der Waals surface area contributed by atoms with Gasteiger partial charge in [-0.15, -0.1) is 0 Å². The Kier molecular flexibility index (Phi) is 6.83. The third-order valence-electron chi connectivity index (χ3n) is 5.14. The number of hydrogen-bond acceptors (Lipinski definition) is 4. The molecule has 1 aromatic carbocycles. The molecule has 6 nitrogen and oxygen atoms in total. The molecule has 0 unspecified atom stereocenters. The fourth-order valence-electron chi connectivity index (χ4n) is 3.59. The molecule has 2 aromatic rings. The Balaban J connectivity index is 1.58. The van der Waals surface area contributed by atoms with Crippen LogP contribution in [-0.4, -0.2) is 51.4 Å². The lowest BCUT2D eigenvalue weighted by Crippen LogP contribution is -2.35. The van der Waals surface area contributed by atoms with E-state index >= 15 is 0 Å². The van der Waals surface area contributed by atoms with Gasteiger partial charge in [-0.05, 0) is 30.0 Å². The molecule has 1 aliphatic rings. The van der Waals surface area contributed by atoms with Gasteiger partial charge in [0.15, 0.2) is 0 Å². The summed E-state index contributed by atoms with van der Waals surface area (Å²) in [4.78, 5) is 21.1. The predicted molar refractivity (Wildman–Crippen MR) is 108 cm³/mol. The average molecular weight is 380 g/mol. The number of nitrogens with zero attached hydrogens (tertiary/aromatic N) is 5. The number of amides is 1. The van der Waals surface area contributed by atoms with Gasteiger partial charge in [-0.2, -0.15) is 5.26 Å². The van der Waals surface area contributed by atoms with Crippen LogP contribution in [0.3, 0.4) is 0 Å². The maximum Gasteiger partial charge on any atom is 0.222 e. The van der Waals surface area contributed by atoms with Crippen LogP contribution in [0, 0.1) is 17.2 Å². The summed E-state index contributed by atoms with van der Waals surface area (Å²) in [6.07, 6.45) is 5.44. The van der Waals surface area contributed by atoms with E-state index < -0.39 is 0 Å². The minimum absolute atomic E-state index is 0.280. The molecule has 148 valence electrons. The van der Waals surface area contributed by atoms with Crippen molar-refractivity contribution in [3.05, 3.63) is 53.6 Å². The molecular weight excluding hydrogens is 350 g/mol. The lowest BCUT2D eigenvalue weighted by molar-refractivity contribution is -0.131. The summed E-state index contributed by atoms with van der Waals surface area (Å²) < 4.78 is 2.16. The van der Waals surface area contributed by atoms with Crippen LogP contribution in [0.4, 0.5) is 0 Å². The topological polar surface area (TPSA) is 65.2 Å².